The Kier molecular flexibility index (Phi) is 5.87. The van der Waals surface area contributed by atoms with Gasteiger partial charge in [0.1, 0.15) is 5.82 Å². The van der Waals surface area contributed by atoms with Crippen LogP contribution in [-0.2, 0) is 9.53 Å². The molecule has 0 radical (unpaired) electrons. The maximum absolute atomic E-state index is 13.3. The molecule has 0 unspecified atom stereocenters. The standard InChI is InChI=1S/C22H25ClFNO2/c1-14(2)21(26)25-22(3)12-19(15-4-8-17(23)9-5-15)27-20(13-22)16-6-10-18(24)11-7-16/h4-11,14,19-20H,12-13H2,1-3H3,(H,25,26)/t19-,20+,22-/m1/s1. The SMILES string of the molecule is CC(C)C(=O)N[C@@]1(C)C[C@@H](c2ccc(F)cc2)O[C@@H](c2ccc(Cl)cc2)C1. The summed E-state index contributed by atoms with van der Waals surface area (Å²) in [4.78, 5) is 12.4. The minimum Gasteiger partial charge on any atom is -0.365 e. The summed E-state index contributed by atoms with van der Waals surface area (Å²) in [5.74, 6) is -0.352. The molecule has 3 nitrogen and oxygen atoms in total. The average molecular weight is 390 g/mol. The Morgan fingerprint density at radius 1 is 1.07 bits per heavy atom. The van der Waals surface area contributed by atoms with Gasteiger partial charge >= 0.3 is 0 Å². The maximum atomic E-state index is 13.3. The first-order chi connectivity index (χ1) is 12.8. The zero-order valence-electron chi connectivity index (χ0n) is 15.8. The largest absolute Gasteiger partial charge is 0.365 e. The number of carbonyl (C=O) groups is 1. The smallest absolute Gasteiger partial charge is 0.222 e. The summed E-state index contributed by atoms with van der Waals surface area (Å²) in [7, 11) is 0. The van der Waals surface area contributed by atoms with E-state index in [1.807, 2.05) is 38.1 Å². The van der Waals surface area contributed by atoms with E-state index in [-0.39, 0.29) is 29.9 Å². The molecule has 0 aromatic heterocycles. The van der Waals surface area contributed by atoms with E-state index in [1.54, 1.807) is 12.1 Å². The van der Waals surface area contributed by atoms with Crippen LogP contribution >= 0.6 is 11.6 Å². The number of halogens is 2. The normalized spacial score (nSPS) is 25.4. The van der Waals surface area contributed by atoms with Crippen molar-refractivity contribution in [2.75, 3.05) is 0 Å². The van der Waals surface area contributed by atoms with Crippen molar-refractivity contribution in [3.63, 3.8) is 0 Å². The molecule has 2 aromatic rings. The Hall–Kier alpha value is -1.91. The number of rotatable bonds is 4. The second-order valence-electron chi connectivity index (χ2n) is 7.83. The van der Waals surface area contributed by atoms with Gasteiger partial charge in [0.15, 0.2) is 0 Å². The second kappa shape index (κ2) is 7.99. The van der Waals surface area contributed by atoms with Crippen LogP contribution in [0.1, 0.15) is 56.9 Å². The van der Waals surface area contributed by atoms with Crippen LogP contribution in [0.5, 0.6) is 0 Å². The molecule has 27 heavy (non-hydrogen) atoms. The van der Waals surface area contributed by atoms with E-state index >= 15 is 0 Å². The molecule has 1 N–H and O–H groups in total. The van der Waals surface area contributed by atoms with E-state index in [4.69, 9.17) is 16.3 Å². The van der Waals surface area contributed by atoms with E-state index in [1.165, 1.54) is 12.1 Å². The maximum Gasteiger partial charge on any atom is 0.222 e. The molecule has 2 aromatic carbocycles. The van der Waals surface area contributed by atoms with Gasteiger partial charge in [0.2, 0.25) is 5.91 Å². The Morgan fingerprint density at radius 3 is 2.04 bits per heavy atom. The van der Waals surface area contributed by atoms with E-state index in [0.29, 0.717) is 17.9 Å². The van der Waals surface area contributed by atoms with Crippen LogP contribution < -0.4 is 5.32 Å². The number of hydrogen-bond donors (Lipinski definition) is 1. The third kappa shape index (κ3) is 4.88. The first-order valence-corrected chi connectivity index (χ1v) is 9.62. The molecule has 1 fully saturated rings. The quantitative estimate of drug-likeness (QED) is 0.738. The molecule has 0 aliphatic carbocycles. The van der Waals surface area contributed by atoms with Crippen molar-refractivity contribution in [3.8, 4) is 0 Å². The van der Waals surface area contributed by atoms with Crippen molar-refractivity contribution < 1.29 is 13.9 Å². The zero-order chi connectivity index (χ0) is 19.6. The predicted octanol–water partition coefficient (Wildman–Crippen LogP) is 5.60. The van der Waals surface area contributed by atoms with Crippen LogP contribution in [0.25, 0.3) is 0 Å². The van der Waals surface area contributed by atoms with Gasteiger partial charge in [-0.1, -0.05) is 49.7 Å². The minimum absolute atomic E-state index is 0.0205. The number of carbonyl (C=O) groups excluding carboxylic acids is 1. The van der Waals surface area contributed by atoms with Crippen molar-refractivity contribution in [2.24, 2.45) is 5.92 Å². The molecule has 0 saturated carbocycles. The molecular weight excluding hydrogens is 365 g/mol. The van der Waals surface area contributed by atoms with Crippen LogP contribution in [0, 0.1) is 11.7 Å². The van der Waals surface area contributed by atoms with E-state index in [9.17, 15) is 9.18 Å². The summed E-state index contributed by atoms with van der Waals surface area (Å²) in [5, 5.41) is 3.87. The third-order valence-electron chi connectivity index (χ3n) is 5.03. The fourth-order valence-corrected chi connectivity index (χ4v) is 3.61. The van der Waals surface area contributed by atoms with Crippen LogP contribution in [0.3, 0.4) is 0 Å². The van der Waals surface area contributed by atoms with Gasteiger partial charge in [0, 0.05) is 29.3 Å². The molecule has 1 saturated heterocycles. The van der Waals surface area contributed by atoms with Crippen molar-refractivity contribution >= 4 is 17.5 Å². The van der Waals surface area contributed by atoms with Crippen LogP contribution in [-0.4, -0.2) is 11.4 Å². The van der Waals surface area contributed by atoms with Crippen LogP contribution in [0.4, 0.5) is 4.39 Å². The summed E-state index contributed by atoms with van der Waals surface area (Å²) in [6, 6.07) is 13.9. The fraction of sp³-hybridized carbons (Fsp3) is 0.409. The highest BCUT2D eigenvalue weighted by Crippen LogP contribution is 2.43. The number of hydrogen-bond acceptors (Lipinski definition) is 2. The topological polar surface area (TPSA) is 38.3 Å². The molecule has 1 aliphatic rings. The molecule has 0 spiro atoms. The second-order valence-corrected chi connectivity index (χ2v) is 8.27. The number of nitrogens with one attached hydrogen (secondary N) is 1. The van der Waals surface area contributed by atoms with Gasteiger partial charge in [-0.2, -0.15) is 0 Å². The number of ether oxygens (including phenoxy) is 1. The van der Waals surface area contributed by atoms with Gasteiger partial charge in [0.25, 0.3) is 0 Å². The summed E-state index contributed by atoms with van der Waals surface area (Å²) in [6.45, 7) is 5.81. The summed E-state index contributed by atoms with van der Waals surface area (Å²) in [5.41, 5.74) is 1.49. The lowest BCUT2D eigenvalue weighted by Crippen LogP contribution is -2.52. The predicted molar refractivity (Wildman–Crippen MR) is 105 cm³/mol. The van der Waals surface area contributed by atoms with Gasteiger partial charge in [-0.15, -0.1) is 0 Å². The zero-order valence-corrected chi connectivity index (χ0v) is 16.6. The lowest BCUT2D eigenvalue weighted by atomic mass is 9.81. The minimum atomic E-state index is -0.428. The first kappa shape index (κ1) is 19.8. The Balaban J connectivity index is 1.91. The highest BCUT2D eigenvalue weighted by atomic mass is 35.5. The van der Waals surface area contributed by atoms with Crippen LogP contribution in [0.2, 0.25) is 5.02 Å². The van der Waals surface area contributed by atoms with E-state index < -0.39 is 5.54 Å². The monoisotopic (exact) mass is 389 g/mol. The van der Waals surface area contributed by atoms with Gasteiger partial charge < -0.3 is 10.1 Å². The van der Waals surface area contributed by atoms with Gasteiger partial charge in [-0.05, 0) is 42.3 Å². The first-order valence-electron chi connectivity index (χ1n) is 9.24. The summed E-state index contributed by atoms with van der Waals surface area (Å²) >= 11 is 6.02. The number of amides is 1. The Morgan fingerprint density at radius 2 is 1.56 bits per heavy atom. The highest BCUT2D eigenvalue weighted by molar-refractivity contribution is 6.30. The van der Waals surface area contributed by atoms with E-state index in [0.717, 1.165) is 11.1 Å². The van der Waals surface area contributed by atoms with Crippen molar-refractivity contribution in [1.82, 2.24) is 5.32 Å². The molecule has 5 heteroatoms. The van der Waals surface area contributed by atoms with Crippen molar-refractivity contribution in [1.29, 1.82) is 0 Å². The number of benzene rings is 2. The molecule has 3 atom stereocenters. The Labute approximate surface area is 164 Å². The lowest BCUT2D eigenvalue weighted by Gasteiger charge is -2.43. The molecule has 144 valence electrons. The van der Waals surface area contributed by atoms with Crippen LogP contribution in [0.15, 0.2) is 48.5 Å². The summed E-state index contributed by atoms with van der Waals surface area (Å²) < 4.78 is 19.7. The molecule has 0 bridgehead atoms. The van der Waals surface area contributed by atoms with Crippen molar-refractivity contribution in [3.05, 3.63) is 70.5 Å². The average Bonchev–Trinajstić information content (AvgIpc) is 2.62. The third-order valence-corrected chi connectivity index (χ3v) is 5.29. The lowest BCUT2D eigenvalue weighted by molar-refractivity contribution is -0.131. The Bertz CT molecular complexity index is 735. The van der Waals surface area contributed by atoms with Gasteiger partial charge in [0.05, 0.1) is 12.2 Å². The van der Waals surface area contributed by atoms with E-state index in [2.05, 4.69) is 12.2 Å². The molecule has 1 amide bonds. The van der Waals surface area contributed by atoms with Gasteiger partial charge in [-0.3, -0.25) is 4.79 Å². The fourth-order valence-electron chi connectivity index (χ4n) is 3.49. The van der Waals surface area contributed by atoms with Gasteiger partial charge in [-0.25, -0.2) is 4.39 Å². The summed E-state index contributed by atoms with van der Waals surface area (Å²) in [6.07, 6.45) is 0.854. The highest BCUT2D eigenvalue weighted by Gasteiger charge is 2.40. The molecule has 1 heterocycles. The molecule has 1 aliphatic heterocycles. The van der Waals surface area contributed by atoms with Crippen molar-refractivity contribution in [2.45, 2.75) is 51.4 Å². The molecular formula is C22H25ClFNO2. The molecule has 3 rings (SSSR count).